The van der Waals surface area contributed by atoms with E-state index in [0.717, 1.165) is 0 Å². The zero-order valence-electron chi connectivity index (χ0n) is 14.0. The van der Waals surface area contributed by atoms with Crippen molar-refractivity contribution >= 4 is 16.0 Å². The minimum absolute atomic E-state index is 0.282. The minimum atomic E-state index is -5.01. The first-order valence-electron chi connectivity index (χ1n) is 7.93. The Morgan fingerprint density at radius 3 is 1.15 bits per heavy atom. The third-order valence-corrected chi connectivity index (χ3v) is 6.49. The number of para-hydroxylation sites is 3. The van der Waals surface area contributed by atoms with Crippen molar-refractivity contribution in [3.8, 4) is 17.2 Å². The molecule has 0 aliphatic rings. The van der Waals surface area contributed by atoms with Gasteiger partial charge in [-0.1, -0.05) is 0 Å². The van der Waals surface area contributed by atoms with Gasteiger partial charge in [-0.25, -0.2) is 0 Å². The molecule has 7 nitrogen and oxygen atoms in total. The van der Waals surface area contributed by atoms with Crippen molar-refractivity contribution in [2.45, 2.75) is 0 Å². The summed E-state index contributed by atoms with van der Waals surface area (Å²) in [4.78, 5) is 18.9. The average molecular weight is 408 g/mol. The molecule has 27 heavy (non-hydrogen) atoms. The summed E-state index contributed by atoms with van der Waals surface area (Å²) in [5.41, 5.74) is 0. The van der Waals surface area contributed by atoms with Crippen molar-refractivity contribution in [1.82, 2.24) is 0 Å². The van der Waals surface area contributed by atoms with Gasteiger partial charge in [0.1, 0.15) is 0 Å². The van der Waals surface area contributed by atoms with E-state index in [1.807, 2.05) is 0 Å². The molecule has 0 heterocycles. The molecule has 0 saturated carbocycles. The van der Waals surface area contributed by atoms with Crippen molar-refractivity contribution in [2.24, 2.45) is 0 Å². The summed E-state index contributed by atoms with van der Waals surface area (Å²) in [5.74, 6) is 0.846. The van der Waals surface area contributed by atoms with Crippen LogP contribution < -0.4 is 13.6 Å². The summed E-state index contributed by atoms with van der Waals surface area (Å²) in [5, 5.41) is 0. The fourth-order valence-corrected chi connectivity index (χ4v) is 5.17. The topological polar surface area (TPSA) is 94.5 Å². The zero-order valence-corrected chi connectivity index (χ0v) is 15.9. The zero-order chi connectivity index (χ0) is 19.2. The van der Waals surface area contributed by atoms with Crippen molar-refractivity contribution < 1.29 is 32.2 Å². The molecule has 3 rings (SSSR count). The normalized spacial score (nSPS) is 12.2. The molecule has 3 aromatic rings. The average Bonchev–Trinajstić information content (AvgIpc) is 2.62. The first-order chi connectivity index (χ1) is 12.9. The molecule has 0 unspecified atom stereocenters. The molecular formula is C18H18O7P2. The fraction of sp³-hybridized carbons (Fsp3) is 0. The first-order valence-corrected chi connectivity index (χ1v) is 11.1. The summed E-state index contributed by atoms with van der Waals surface area (Å²) >= 11 is 0. The number of hydrogen-bond acceptors (Lipinski definition) is 5. The van der Waals surface area contributed by atoms with Gasteiger partial charge in [0.25, 0.3) is 0 Å². The summed E-state index contributed by atoms with van der Waals surface area (Å²) in [7, 11) is -9.43. The van der Waals surface area contributed by atoms with Crippen LogP contribution in [0.3, 0.4) is 0 Å². The van der Waals surface area contributed by atoms with Crippen molar-refractivity contribution in [2.75, 3.05) is 0 Å². The molecule has 0 aromatic heterocycles. The van der Waals surface area contributed by atoms with E-state index >= 15 is 0 Å². The number of phosphoric acid groups is 1. The molecule has 9 heteroatoms. The molecule has 142 valence electrons. The maximum absolute atomic E-state index is 11.7. The van der Waals surface area contributed by atoms with Gasteiger partial charge in [-0.15, -0.1) is 0 Å². The van der Waals surface area contributed by atoms with Crippen molar-refractivity contribution in [1.29, 1.82) is 0 Å². The molecule has 3 aromatic carbocycles. The SMILES string of the molecule is O=P(O)(O)O[PH](Oc1ccccc1)(Oc1ccccc1)Oc1ccccc1. The summed E-state index contributed by atoms with van der Waals surface area (Å²) < 4.78 is 34.0. The van der Waals surface area contributed by atoms with E-state index in [4.69, 9.17) is 17.9 Å². The van der Waals surface area contributed by atoms with Crippen LogP contribution in [-0.2, 0) is 8.88 Å². The van der Waals surface area contributed by atoms with Gasteiger partial charge in [-0.2, -0.15) is 0 Å². The Labute approximate surface area is 157 Å². The molecule has 0 atom stereocenters. The van der Waals surface area contributed by atoms with Gasteiger partial charge in [0.2, 0.25) is 0 Å². The Hall–Kier alpha value is -2.40. The second kappa shape index (κ2) is 8.53. The Morgan fingerprint density at radius 2 is 0.889 bits per heavy atom. The molecule has 0 aliphatic carbocycles. The third kappa shape index (κ3) is 6.07. The van der Waals surface area contributed by atoms with E-state index in [1.165, 1.54) is 0 Å². The Bertz CT molecular complexity index is 784. The quantitative estimate of drug-likeness (QED) is 0.520. The Morgan fingerprint density at radius 1 is 0.593 bits per heavy atom. The predicted molar refractivity (Wildman–Crippen MR) is 103 cm³/mol. The van der Waals surface area contributed by atoms with Crippen LogP contribution in [0.25, 0.3) is 0 Å². The van der Waals surface area contributed by atoms with Gasteiger partial charge >= 0.3 is 156 Å². The molecule has 0 aliphatic heterocycles. The first kappa shape index (κ1) is 19.4. The summed E-state index contributed by atoms with van der Waals surface area (Å²) in [6.45, 7) is 0. The van der Waals surface area contributed by atoms with Gasteiger partial charge in [0.15, 0.2) is 0 Å². The molecule has 2 N–H and O–H groups in total. The van der Waals surface area contributed by atoms with Crippen LogP contribution in [0, 0.1) is 0 Å². The van der Waals surface area contributed by atoms with Crippen molar-refractivity contribution in [3.63, 3.8) is 0 Å². The van der Waals surface area contributed by atoms with Crippen LogP contribution in [0.1, 0.15) is 0 Å². The molecule has 0 radical (unpaired) electrons. The summed E-state index contributed by atoms with van der Waals surface area (Å²) in [6, 6.07) is 25.2. The van der Waals surface area contributed by atoms with Crippen LogP contribution in [0.4, 0.5) is 0 Å². The monoisotopic (exact) mass is 408 g/mol. The Balaban J connectivity index is 2.02. The molecular weight excluding hydrogens is 390 g/mol. The third-order valence-electron chi connectivity index (χ3n) is 3.19. The van der Waals surface area contributed by atoms with Crippen LogP contribution in [0.15, 0.2) is 91.0 Å². The van der Waals surface area contributed by atoms with E-state index in [1.54, 1.807) is 91.0 Å². The molecule has 0 bridgehead atoms. The van der Waals surface area contributed by atoms with E-state index in [0.29, 0.717) is 0 Å². The standard InChI is InChI=1S/C18H18O7P2/c19-26(20,21)25-27(22-16-10-4-1-5-11-16,23-17-12-6-2-7-13-17)24-18-14-8-3-9-15-18/h1-15,27H,(H2,19,20,21). The number of benzene rings is 3. The van der Waals surface area contributed by atoms with Crippen molar-refractivity contribution in [3.05, 3.63) is 91.0 Å². The molecule has 0 fully saturated rings. The van der Waals surface area contributed by atoms with Gasteiger partial charge in [0, 0.05) is 0 Å². The number of rotatable bonds is 8. The maximum atomic E-state index is 11.7. The number of hydrogen-bond donors (Lipinski definition) is 2. The van der Waals surface area contributed by atoms with E-state index in [9.17, 15) is 14.4 Å². The summed E-state index contributed by atoms with van der Waals surface area (Å²) in [6.07, 6.45) is 0. The second-order valence-corrected chi connectivity index (χ2v) is 8.65. The molecule has 0 saturated heterocycles. The van der Waals surface area contributed by atoms with Gasteiger partial charge < -0.3 is 0 Å². The predicted octanol–water partition coefficient (Wildman–Crippen LogP) is 4.74. The van der Waals surface area contributed by atoms with Gasteiger partial charge in [0.05, 0.1) is 0 Å². The molecule has 0 amide bonds. The second-order valence-electron chi connectivity index (χ2n) is 5.33. The van der Waals surface area contributed by atoms with E-state index in [-0.39, 0.29) is 17.2 Å². The van der Waals surface area contributed by atoms with Crippen LogP contribution in [-0.4, -0.2) is 9.79 Å². The van der Waals surface area contributed by atoms with Crippen LogP contribution in [0.5, 0.6) is 17.2 Å². The van der Waals surface area contributed by atoms with E-state index < -0.39 is 16.0 Å². The van der Waals surface area contributed by atoms with Gasteiger partial charge in [-0.05, 0) is 0 Å². The Kier molecular flexibility index (Phi) is 6.11. The van der Waals surface area contributed by atoms with Gasteiger partial charge in [-0.3, -0.25) is 0 Å². The fourth-order valence-electron chi connectivity index (χ4n) is 2.16. The van der Waals surface area contributed by atoms with E-state index in [2.05, 4.69) is 0 Å². The van der Waals surface area contributed by atoms with Crippen LogP contribution in [0.2, 0.25) is 0 Å². The molecule has 0 spiro atoms. The van der Waals surface area contributed by atoms with Crippen LogP contribution >= 0.6 is 16.0 Å².